The van der Waals surface area contributed by atoms with Crippen molar-refractivity contribution in [3.8, 4) is 17.6 Å². The van der Waals surface area contributed by atoms with E-state index in [1.54, 1.807) is 43.3 Å². The maximum absolute atomic E-state index is 9.76. The second-order valence-electron chi connectivity index (χ2n) is 4.22. The minimum absolute atomic E-state index is 0.416. The van der Waals surface area contributed by atoms with Crippen molar-refractivity contribution in [1.29, 1.82) is 5.26 Å². The van der Waals surface area contributed by atoms with Crippen molar-refractivity contribution in [2.24, 2.45) is 0 Å². The molecule has 5 heteroatoms. The highest BCUT2D eigenvalue weighted by Gasteiger charge is 2.13. The van der Waals surface area contributed by atoms with Crippen LogP contribution in [0.1, 0.15) is 24.2 Å². The van der Waals surface area contributed by atoms with Crippen LogP contribution in [0.5, 0.6) is 11.5 Å². The van der Waals surface area contributed by atoms with Crippen molar-refractivity contribution in [3.63, 3.8) is 0 Å². The molecule has 0 amide bonds. The molecular weight excluding hydrogens is 342 g/mol. The Morgan fingerprint density at radius 1 is 1.25 bits per heavy atom. The smallest absolute Gasteiger partial charge is 0.147 e. The third-order valence-corrected chi connectivity index (χ3v) is 3.51. The zero-order valence-electron chi connectivity index (χ0n) is 10.6. The van der Waals surface area contributed by atoms with E-state index in [0.29, 0.717) is 27.6 Å². The van der Waals surface area contributed by atoms with Gasteiger partial charge in [-0.2, -0.15) is 5.26 Å². The van der Waals surface area contributed by atoms with Crippen LogP contribution in [0.4, 0.5) is 0 Å². The summed E-state index contributed by atoms with van der Waals surface area (Å²) in [5, 5.41) is 19.2. The topological polar surface area (TPSA) is 53.2 Å². The van der Waals surface area contributed by atoms with Gasteiger partial charge in [-0.05, 0) is 37.3 Å². The van der Waals surface area contributed by atoms with Crippen LogP contribution in [0.25, 0.3) is 0 Å². The van der Waals surface area contributed by atoms with E-state index in [-0.39, 0.29) is 0 Å². The summed E-state index contributed by atoms with van der Waals surface area (Å²) in [7, 11) is 0. The molecule has 0 spiro atoms. The lowest BCUT2D eigenvalue weighted by Crippen LogP contribution is -1.97. The molecule has 0 fully saturated rings. The van der Waals surface area contributed by atoms with Crippen LogP contribution in [-0.2, 0) is 0 Å². The van der Waals surface area contributed by atoms with E-state index < -0.39 is 6.10 Å². The number of benzene rings is 2. The van der Waals surface area contributed by atoms with Crippen LogP contribution in [0, 0.1) is 11.3 Å². The molecule has 1 unspecified atom stereocenters. The van der Waals surface area contributed by atoms with Crippen LogP contribution in [0.2, 0.25) is 5.02 Å². The van der Waals surface area contributed by atoms with E-state index in [4.69, 9.17) is 21.6 Å². The zero-order chi connectivity index (χ0) is 14.7. The van der Waals surface area contributed by atoms with Crippen LogP contribution in [-0.4, -0.2) is 5.11 Å². The van der Waals surface area contributed by atoms with Gasteiger partial charge in [0.2, 0.25) is 0 Å². The second kappa shape index (κ2) is 6.27. The largest absolute Gasteiger partial charge is 0.455 e. The standard InChI is InChI=1S/C15H11BrClNO2/c1-9(19)12-4-2-10(8-18)6-14(12)20-15-7-11(16)3-5-13(15)17/h2-7,9,19H,1H3. The van der Waals surface area contributed by atoms with Gasteiger partial charge in [0.25, 0.3) is 0 Å². The molecule has 0 bridgehead atoms. The summed E-state index contributed by atoms with van der Waals surface area (Å²) in [5.41, 5.74) is 1.05. The lowest BCUT2D eigenvalue weighted by Gasteiger charge is -2.14. The Morgan fingerprint density at radius 3 is 2.65 bits per heavy atom. The summed E-state index contributed by atoms with van der Waals surface area (Å²) in [4.78, 5) is 0. The van der Waals surface area contributed by atoms with E-state index >= 15 is 0 Å². The first kappa shape index (κ1) is 14.9. The van der Waals surface area contributed by atoms with Gasteiger partial charge in [-0.3, -0.25) is 0 Å². The second-order valence-corrected chi connectivity index (χ2v) is 5.54. The maximum Gasteiger partial charge on any atom is 0.147 e. The van der Waals surface area contributed by atoms with E-state index in [1.165, 1.54) is 0 Å². The number of nitrogens with zero attached hydrogens (tertiary/aromatic N) is 1. The number of halogens is 2. The predicted molar refractivity (Wildman–Crippen MR) is 81.0 cm³/mol. The Balaban J connectivity index is 2.46. The third-order valence-electron chi connectivity index (χ3n) is 2.71. The number of hydrogen-bond acceptors (Lipinski definition) is 3. The number of aliphatic hydroxyl groups is 1. The fraction of sp³-hybridized carbons (Fsp3) is 0.133. The average molecular weight is 353 g/mol. The van der Waals surface area contributed by atoms with Crippen molar-refractivity contribution >= 4 is 27.5 Å². The summed E-state index contributed by atoms with van der Waals surface area (Å²) in [5.74, 6) is 0.872. The van der Waals surface area contributed by atoms with Crippen molar-refractivity contribution in [1.82, 2.24) is 0 Å². The first-order valence-corrected chi connectivity index (χ1v) is 7.03. The molecule has 0 aliphatic rings. The summed E-state index contributed by atoms with van der Waals surface area (Å²) >= 11 is 9.42. The highest BCUT2D eigenvalue weighted by molar-refractivity contribution is 9.10. The molecule has 2 rings (SSSR count). The monoisotopic (exact) mass is 351 g/mol. The van der Waals surface area contributed by atoms with Gasteiger partial charge in [0, 0.05) is 10.0 Å². The normalized spacial score (nSPS) is 11.8. The summed E-state index contributed by atoms with van der Waals surface area (Å²) in [6, 6.07) is 12.2. The van der Waals surface area contributed by atoms with Crippen LogP contribution in [0.15, 0.2) is 40.9 Å². The van der Waals surface area contributed by atoms with E-state index in [9.17, 15) is 5.11 Å². The summed E-state index contributed by atoms with van der Waals surface area (Å²) < 4.78 is 6.58. The van der Waals surface area contributed by atoms with Crippen molar-refractivity contribution in [3.05, 3.63) is 57.0 Å². The molecule has 0 heterocycles. The molecule has 0 radical (unpaired) electrons. The maximum atomic E-state index is 9.76. The number of nitriles is 1. The molecule has 0 aliphatic heterocycles. The summed E-state index contributed by atoms with van der Waals surface area (Å²) in [6.07, 6.45) is -0.705. The molecule has 3 nitrogen and oxygen atoms in total. The van der Waals surface area contributed by atoms with Gasteiger partial charge in [-0.1, -0.05) is 33.6 Å². The first-order chi connectivity index (χ1) is 9.51. The fourth-order valence-electron chi connectivity index (χ4n) is 1.71. The summed E-state index contributed by atoms with van der Waals surface area (Å²) in [6.45, 7) is 1.64. The van der Waals surface area contributed by atoms with Gasteiger partial charge in [0.15, 0.2) is 0 Å². The Bertz CT molecular complexity index is 680. The lowest BCUT2D eigenvalue weighted by atomic mass is 10.1. The van der Waals surface area contributed by atoms with Crippen molar-refractivity contribution in [2.45, 2.75) is 13.0 Å². The average Bonchev–Trinajstić information content (AvgIpc) is 2.42. The first-order valence-electron chi connectivity index (χ1n) is 5.86. The van der Waals surface area contributed by atoms with Crippen LogP contribution < -0.4 is 4.74 Å². The molecule has 20 heavy (non-hydrogen) atoms. The molecule has 2 aromatic carbocycles. The lowest BCUT2D eigenvalue weighted by molar-refractivity contribution is 0.195. The number of rotatable bonds is 3. The molecule has 102 valence electrons. The zero-order valence-corrected chi connectivity index (χ0v) is 12.9. The van der Waals surface area contributed by atoms with Crippen LogP contribution >= 0.6 is 27.5 Å². The predicted octanol–water partition coefficient (Wildman–Crippen LogP) is 4.82. The SMILES string of the molecule is CC(O)c1ccc(C#N)cc1Oc1cc(Br)ccc1Cl. The van der Waals surface area contributed by atoms with Crippen molar-refractivity contribution < 1.29 is 9.84 Å². The number of aliphatic hydroxyl groups excluding tert-OH is 1. The molecule has 1 atom stereocenters. The third kappa shape index (κ3) is 3.31. The molecule has 0 aromatic heterocycles. The highest BCUT2D eigenvalue weighted by atomic mass is 79.9. The minimum atomic E-state index is -0.705. The Kier molecular flexibility index (Phi) is 4.66. The van der Waals surface area contributed by atoms with Gasteiger partial charge >= 0.3 is 0 Å². The quantitative estimate of drug-likeness (QED) is 0.861. The number of hydrogen-bond donors (Lipinski definition) is 1. The molecule has 0 saturated carbocycles. The van der Waals surface area contributed by atoms with Gasteiger partial charge in [0.1, 0.15) is 11.5 Å². The van der Waals surface area contributed by atoms with Crippen LogP contribution in [0.3, 0.4) is 0 Å². The molecule has 1 N–H and O–H groups in total. The van der Waals surface area contributed by atoms with Gasteiger partial charge in [-0.25, -0.2) is 0 Å². The molecule has 0 saturated heterocycles. The van der Waals surface area contributed by atoms with E-state index in [2.05, 4.69) is 15.9 Å². The van der Waals surface area contributed by atoms with Crippen molar-refractivity contribution in [2.75, 3.05) is 0 Å². The fourth-order valence-corrected chi connectivity index (χ4v) is 2.21. The highest BCUT2D eigenvalue weighted by Crippen LogP contribution is 2.35. The number of ether oxygens (including phenoxy) is 1. The Labute approximate surface area is 130 Å². The minimum Gasteiger partial charge on any atom is -0.455 e. The van der Waals surface area contributed by atoms with E-state index in [0.717, 1.165) is 4.47 Å². The molecular formula is C15H11BrClNO2. The van der Waals surface area contributed by atoms with E-state index in [1.807, 2.05) is 6.07 Å². The van der Waals surface area contributed by atoms with Gasteiger partial charge in [0.05, 0.1) is 22.8 Å². The Hall–Kier alpha value is -1.54. The molecule has 0 aliphatic carbocycles. The van der Waals surface area contributed by atoms with Gasteiger partial charge < -0.3 is 9.84 Å². The Morgan fingerprint density at radius 2 is 2.00 bits per heavy atom. The molecule has 2 aromatic rings. The van der Waals surface area contributed by atoms with Gasteiger partial charge in [-0.15, -0.1) is 0 Å².